The fourth-order valence-corrected chi connectivity index (χ4v) is 1.71. The normalized spacial score (nSPS) is 18.5. The molecule has 0 saturated heterocycles. The van der Waals surface area contributed by atoms with Gasteiger partial charge in [-0.3, -0.25) is 14.5 Å². The van der Waals surface area contributed by atoms with Crippen molar-refractivity contribution in [2.24, 2.45) is 0 Å². The number of carbonyl (C=O) groups is 2. The maximum absolute atomic E-state index is 11.8. The number of rotatable bonds is 2. The summed E-state index contributed by atoms with van der Waals surface area (Å²) < 4.78 is 4.46. The summed E-state index contributed by atoms with van der Waals surface area (Å²) in [6.45, 7) is -0.245. The van der Waals surface area contributed by atoms with E-state index in [1.165, 1.54) is 7.11 Å². The van der Waals surface area contributed by atoms with Gasteiger partial charge in [0.2, 0.25) is 0 Å². The Bertz CT molecular complexity index is 443. The van der Waals surface area contributed by atoms with Gasteiger partial charge in [0.05, 0.1) is 7.11 Å². The summed E-state index contributed by atoms with van der Waals surface area (Å²) in [5.41, 5.74) is 0.954. The smallest absolute Gasteiger partial charge is 0.325 e. The van der Waals surface area contributed by atoms with Gasteiger partial charge in [-0.25, -0.2) is 0 Å². The summed E-state index contributed by atoms with van der Waals surface area (Å²) >= 11 is 0. The number of amides is 1. The zero-order valence-electron chi connectivity index (χ0n) is 8.71. The van der Waals surface area contributed by atoms with Crippen LogP contribution in [0.3, 0.4) is 0 Å². The van der Waals surface area contributed by atoms with Gasteiger partial charge < -0.3 is 9.84 Å². The molecular formula is C11H11NO4. The highest BCUT2D eigenvalue weighted by Gasteiger charge is 2.36. The highest BCUT2D eigenvalue weighted by Crippen LogP contribution is 2.30. The Morgan fingerprint density at radius 2 is 2.19 bits per heavy atom. The summed E-state index contributed by atoms with van der Waals surface area (Å²) in [7, 11) is 1.24. The van der Waals surface area contributed by atoms with Crippen molar-refractivity contribution in [3.05, 3.63) is 35.4 Å². The van der Waals surface area contributed by atoms with E-state index in [4.69, 9.17) is 0 Å². The van der Waals surface area contributed by atoms with Gasteiger partial charge in [-0.1, -0.05) is 18.2 Å². The molecule has 16 heavy (non-hydrogen) atoms. The van der Waals surface area contributed by atoms with Crippen molar-refractivity contribution in [1.82, 2.24) is 4.90 Å². The third-order valence-electron chi connectivity index (χ3n) is 2.55. The highest BCUT2D eigenvalue weighted by molar-refractivity contribution is 6.00. The number of methoxy groups -OCH3 is 1. The molecule has 0 bridgehead atoms. The predicted molar refractivity (Wildman–Crippen MR) is 54.5 cm³/mol. The number of carbonyl (C=O) groups excluding carboxylic acids is 2. The molecule has 0 radical (unpaired) electrons. The Hall–Kier alpha value is -1.88. The lowest BCUT2D eigenvalue weighted by atomic mass is 10.1. The molecule has 0 unspecified atom stereocenters. The Morgan fingerprint density at radius 1 is 1.50 bits per heavy atom. The van der Waals surface area contributed by atoms with Crippen molar-refractivity contribution >= 4 is 11.9 Å². The number of esters is 1. The van der Waals surface area contributed by atoms with E-state index in [0.717, 1.165) is 4.90 Å². The molecule has 1 aliphatic heterocycles. The molecule has 1 aromatic rings. The van der Waals surface area contributed by atoms with E-state index < -0.39 is 12.2 Å². The number of aliphatic hydroxyl groups is 1. The fourth-order valence-electron chi connectivity index (χ4n) is 1.71. The molecule has 1 atom stereocenters. The molecule has 1 aromatic carbocycles. The second-order valence-electron chi connectivity index (χ2n) is 3.47. The monoisotopic (exact) mass is 221 g/mol. The minimum atomic E-state index is -1.07. The number of aliphatic hydroxyl groups excluding tert-OH is 1. The Balaban J connectivity index is 2.28. The predicted octanol–water partition coefficient (Wildman–Crippen LogP) is 0.306. The van der Waals surface area contributed by atoms with Gasteiger partial charge >= 0.3 is 5.97 Å². The van der Waals surface area contributed by atoms with E-state index in [-0.39, 0.29) is 12.5 Å². The minimum Gasteiger partial charge on any atom is -0.468 e. The molecule has 0 aromatic heterocycles. The topological polar surface area (TPSA) is 66.8 Å². The molecule has 2 rings (SSSR count). The third-order valence-corrected chi connectivity index (χ3v) is 2.55. The standard InChI is InChI=1S/C11H11NO4/c1-16-9(13)6-12-10(14)7-4-2-3-5-8(7)11(12)15/h2-5,10,14H,6H2,1H3/t10-/m0/s1. The van der Waals surface area contributed by atoms with Crippen LogP contribution >= 0.6 is 0 Å². The van der Waals surface area contributed by atoms with Gasteiger partial charge in [-0.15, -0.1) is 0 Å². The highest BCUT2D eigenvalue weighted by atomic mass is 16.5. The van der Waals surface area contributed by atoms with E-state index in [2.05, 4.69) is 4.74 Å². The molecule has 1 heterocycles. The number of fused-ring (bicyclic) bond motifs is 1. The number of nitrogens with zero attached hydrogens (tertiary/aromatic N) is 1. The van der Waals surface area contributed by atoms with Gasteiger partial charge in [-0.2, -0.15) is 0 Å². The van der Waals surface area contributed by atoms with E-state index in [0.29, 0.717) is 11.1 Å². The molecule has 0 aliphatic carbocycles. The SMILES string of the molecule is COC(=O)CN1C(=O)c2ccccc2[C@@H]1O. The quantitative estimate of drug-likeness (QED) is 0.730. The summed E-state index contributed by atoms with van der Waals surface area (Å²) in [4.78, 5) is 24.0. The van der Waals surface area contributed by atoms with E-state index in [1.54, 1.807) is 24.3 Å². The molecule has 0 spiro atoms. The number of hydrogen-bond acceptors (Lipinski definition) is 4. The van der Waals surface area contributed by atoms with E-state index >= 15 is 0 Å². The first-order chi connectivity index (χ1) is 7.65. The van der Waals surface area contributed by atoms with Crippen molar-refractivity contribution in [1.29, 1.82) is 0 Å². The van der Waals surface area contributed by atoms with Crippen LogP contribution < -0.4 is 0 Å². The molecule has 0 saturated carbocycles. The lowest BCUT2D eigenvalue weighted by Crippen LogP contribution is -2.33. The molecule has 5 heteroatoms. The molecule has 0 fully saturated rings. The van der Waals surface area contributed by atoms with Gasteiger partial charge in [0.25, 0.3) is 5.91 Å². The van der Waals surface area contributed by atoms with Crippen molar-refractivity contribution < 1.29 is 19.4 Å². The second kappa shape index (κ2) is 3.94. The Labute approximate surface area is 92.2 Å². The maximum atomic E-state index is 11.8. The van der Waals surface area contributed by atoms with E-state index in [1.807, 2.05) is 0 Å². The van der Waals surface area contributed by atoms with Crippen LogP contribution in [0.5, 0.6) is 0 Å². The summed E-state index contributed by atoms with van der Waals surface area (Å²) in [6, 6.07) is 6.73. The number of ether oxygens (including phenoxy) is 1. The Morgan fingerprint density at radius 3 is 2.81 bits per heavy atom. The van der Waals surface area contributed by atoms with Crippen LogP contribution in [-0.2, 0) is 9.53 Å². The van der Waals surface area contributed by atoms with Crippen molar-refractivity contribution in [3.63, 3.8) is 0 Å². The van der Waals surface area contributed by atoms with Crippen molar-refractivity contribution in [2.75, 3.05) is 13.7 Å². The first-order valence-corrected chi connectivity index (χ1v) is 4.80. The van der Waals surface area contributed by atoms with Gasteiger partial charge in [0.15, 0.2) is 6.23 Å². The Kier molecular flexibility index (Phi) is 2.62. The molecular weight excluding hydrogens is 210 g/mol. The van der Waals surface area contributed by atoms with Crippen LogP contribution in [0.25, 0.3) is 0 Å². The average Bonchev–Trinajstić information content (AvgIpc) is 2.55. The van der Waals surface area contributed by atoms with Crippen LogP contribution in [0.2, 0.25) is 0 Å². The first-order valence-electron chi connectivity index (χ1n) is 4.80. The summed E-state index contributed by atoms with van der Waals surface area (Å²) in [5.74, 6) is -0.909. The van der Waals surface area contributed by atoms with Crippen molar-refractivity contribution in [3.8, 4) is 0 Å². The lowest BCUT2D eigenvalue weighted by Gasteiger charge is -2.18. The first kappa shape index (κ1) is 10.6. The fraction of sp³-hybridized carbons (Fsp3) is 0.273. The molecule has 1 aliphatic rings. The largest absolute Gasteiger partial charge is 0.468 e. The van der Waals surface area contributed by atoms with Crippen molar-refractivity contribution in [2.45, 2.75) is 6.23 Å². The zero-order chi connectivity index (χ0) is 11.7. The summed E-state index contributed by atoms with van der Waals surface area (Å²) in [5, 5.41) is 9.85. The average molecular weight is 221 g/mol. The van der Waals surface area contributed by atoms with Crippen LogP contribution in [0.15, 0.2) is 24.3 Å². The van der Waals surface area contributed by atoms with Gasteiger partial charge in [0.1, 0.15) is 6.54 Å². The van der Waals surface area contributed by atoms with Crippen LogP contribution in [0.4, 0.5) is 0 Å². The van der Waals surface area contributed by atoms with Gasteiger partial charge in [-0.05, 0) is 6.07 Å². The van der Waals surface area contributed by atoms with Crippen LogP contribution in [-0.4, -0.2) is 35.5 Å². The maximum Gasteiger partial charge on any atom is 0.325 e. The molecule has 1 N–H and O–H groups in total. The number of hydrogen-bond donors (Lipinski definition) is 1. The molecule has 84 valence electrons. The van der Waals surface area contributed by atoms with E-state index in [9.17, 15) is 14.7 Å². The number of benzene rings is 1. The van der Waals surface area contributed by atoms with Gasteiger partial charge in [0, 0.05) is 11.1 Å². The molecule has 5 nitrogen and oxygen atoms in total. The van der Waals surface area contributed by atoms with Crippen LogP contribution in [0.1, 0.15) is 22.1 Å². The minimum absolute atomic E-state index is 0.245. The summed E-state index contributed by atoms with van der Waals surface area (Å²) in [6.07, 6.45) is -1.07. The third kappa shape index (κ3) is 1.55. The van der Waals surface area contributed by atoms with Crippen LogP contribution in [0, 0.1) is 0 Å². The lowest BCUT2D eigenvalue weighted by molar-refractivity contribution is -0.143. The zero-order valence-corrected chi connectivity index (χ0v) is 8.71. The second-order valence-corrected chi connectivity index (χ2v) is 3.47. The molecule has 1 amide bonds.